The van der Waals surface area contributed by atoms with E-state index in [1.807, 2.05) is 19.9 Å². The maximum atomic E-state index is 12.1. The third kappa shape index (κ3) is 1.98. The lowest BCUT2D eigenvalue weighted by molar-refractivity contribution is -0.116. The molecular weight excluding hydrogens is 312 g/mol. The number of aryl methyl sites for hydroxylation is 2. The SMILES string of the molecule is Cc1cc(C)n2nc3c(c2n1)[C@@H](c1cn[nH]c1C(=O)O)CC(=O)N3. The number of rotatable bonds is 2. The van der Waals surface area contributed by atoms with E-state index in [0.29, 0.717) is 22.6 Å². The Morgan fingerprint density at radius 2 is 2.21 bits per heavy atom. The number of carboxylic acid groups (broad SMARTS) is 1. The van der Waals surface area contributed by atoms with Crippen LogP contribution < -0.4 is 5.32 Å². The summed E-state index contributed by atoms with van der Waals surface area (Å²) < 4.78 is 1.66. The van der Waals surface area contributed by atoms with Crippen LogP contribution in [0.15, 0.2) is 12.3 Å². The predicted octanol–water partition coefficient (Wildman–Crippen LogP) is 1.24. The molecule has 0 aromatic carbocycles. The average molecular weight is 326 g/mol. The molecule has 0 saturated carbocycles. The van der Waals surface area contributed by atoms with Crippen molar-refractivity contribution in [1.82, 2.24) is 24.8 Å². The van der Waals surface area contributed by atoms with E-state index >= 15 is 0 Å². The van der Waals surface area contributed by atoms with Crippen molar-refractivity contribution in [3.63, 3.8) is 0 Å². The topological polar surface area (TPSA) is 125 Å². The molecule has 3 N–H and O–H groups in total. The second-order valence-corrected chi connectivity index (χ2v) is 5.85. The van der Waals surface area contributed by atoms with Crippen molar-refractivity contribution in [2.75, 3.05) is 5.32 Å². The van der Waals surface area contributed by atoms with Gasteiger partial charge in [0.1, 0.15) is 5.69 Å². The number of H-pyrrole nitrogens is 1. The van der Waals surface area contributed by atoms with Gasteiger partial charge in [-0.3, -0.25) is 9.89 Å². The molecule has 1 atom stereocenters. The zero-order chi connectivity index (χ0) is 17.0. The summed E-state index contributed by atoms with van der Waals surface area (Å²) in [4.78, 5) is 28.0. The van der Waals surface area contributed by atoms with Gasteiger partial charge in [-0.15, -0.1) is 5.10 Å². The molecule has 9 heteroatoms. The minimum absolute atomic E-state index is 0.0237. The first-order chi connectivity index (χ1) is 11.5. The van der Waals surface area contributed by atoms with Crippen LogP contribution in [-0.4, -0.2) is 41.8 Å². The minimum Gasteiger partial charge on any atom is -0.477 e. The van der Waals surface area contributed by atoms with Crippen LogP contribution in [0.4, 0.5) is 5.82 Å². The van der Waals surface area contributed by atoms with Crippen molar-refractivity contribution in [3.8, 4) is 0 Å². The molecule has 0 fully saturated rings. The second-order valence-electron chi connectivity index (χ2n) is 5.85. The van der Waals surface area contributed by atoms with Crippen LogP contribution >= 0.6 is 0 Å². The zero-order valence-corrected chi connectivity index (χ0v) is 13.0. The fourth-order valence-electron chi connectivity index (χ4n) is 3.22. The number of hydrogen-bond acceptors (Lipinski definition) is 5. The Hall–Kier alpha value is -3.23. The highest BCUT2D eigenvalue weighted by atomic mass is 16.4. The number of fused-ring (bicyclic) bond motifs is 3. The number of aromatic nitrogens is 5. The minimum atomic E-state index is -1.12. The first-order valence-electron chi connectivity index (χ1n) is 7.39. The summed E-state index contributed by atoms with van der Waals surface area (Å²) in [6.45, 7) is 3.78. The van der Waals surface area contributed by atoms with E-state index in [1.165, 1.54) is 6.20 Å². The zero-order valence-electron chi connectivity index (χ0n) is 13.0. The molecule has 4 heterocycles. The molecule has 0 spiro atoms. The number of aromatic amines is 1. The normalized spacial score (nSPS) is 16.9. The van der Waals surface area contributed by atoms with Gasteiger partial charge >= 0.3 is 5.97 Å². The summed E-state index contributed by atoms with van der Waals surface area (Å²) in [6, 6.07) is 1.89. The van der Waals surface area contributed by atoms with Crippen molar-refractivity contribution in [1.29, 1.82) is 0 Å². The summed E-state index contributed by atoms with van der Waals surface area (Å²) in [7, 11) is 0. The van der Waals surface area contributed by atoms with Crippen LogP contribution in [0, 0.1) is 13.8 Å². The average Bonchev–Trinajstić information content (AvgIpc) is 3.11. The van der Waals surface area contributed by atoms with Crippen LogP contribution in [0.2, 0.25) is 0 Å². The quantitative estimate of drug-likeness (QED) is 0.650. The van der Waals surface area contributed by atoms with E-state index in [0.717, 1.165) is 11.4 Å². The molecule has 9 nitrogen and oxygen atoms in total. The first-order valence-corrected chi connectivity index (χ1v) is 7.39. The molecule has 1 amide bonds. The molecule has 0 radical (unpaired) electrons. The van der Waals surface area contributed by atoms with E-state index in [9.17, 15) is 14.7 Å². The van der Waals surface area contributed by atoms with Gasteiger partial charge in [-0.2, -0.15) is 5.10 Å². The molecule has 1 aliphatic heterocycles. The largest absolute Gasteiger partial charge is 0.477 e. The van der Waals surface area contributed by atoms with Crippen molar-refractivity contribution < 1.29 is 14.7 Å². The van der Waals surface area contributed by atoms with Gasteiger partial charge in [-0.25, -0.2) is 14.3 Å². The number of aromatic carboxylic acids is 1. The van der Waals surface area contributed by atoms with Gasteiger partial charge < -0.3 is 10.4 Å². The molecule has 122 valence electrons. The first kappa shape index (κ1) is 14.4. The molecule has 3 aromatic heterocycles. The summed E-state index contributed by atoms with van der Waals surface area (Å²) in [5, 5.41) is 22.8. The van der Waals surface area contributed by atoms with E-state index < -0.39 is 11.9 Å². The summed E-state index contributed by atoms with van der Waals surface area (Å²) >= 11 is 0. The lowest BCUT2D eigenvalue weighted by Crippen LogP contribution is -2.24. The Kier molecular flexibility index (Phi) is 2.92. The third-order valence-electron chi connectivity index (χ3n) is 4.18. The number of carbonyl (C=O) groups is 2. The molecule has 0 unspecified atom stereocenters. The Bertz CT molecular complexity index is 1000. The van der Waals surface area contributed by atoms with Gasteiger partial charge in [0, 0.05) is 34.9 Å². The van der Waals surface area contributed by atoms with Crippen molar-refractivity contribution in [3.05, 3.63) is 40.5 Å². The monoisotopic (exact) mass is 326 g/mol. The lowest BCUT2D eigenvalue weighted by atomic mass is 9.87. The summed E-state index contributed by atoms with van der Waals surface area (Å²) in [5.41, 5.74) is 3.46. The third-order valence-corrected chi connectivity index (χ3v) is 4.18. The highest BCUT2D eigenvalue weighted by Gasteiger charge is 2.35. The number of amides is 1. The molecule has 0 aliphatic carbocycles. The molecule has 0 saturated heterocycles. The van der Waals surface area contributed by atoms with Crippen LogP contribution in [-0.2, 0) is 4.79 Å². The Labute approximate surface area is 135 Å². The van der Waals surface area contributed by atoms with E-state index in [4.69, 9.17) is 0 Å². The van der Waals surface area contributed by atoms with Crippen molar-refractivity contribution in [2.45, 2.75) is 26.2 Å². The number of nitrogens with zero attached hydrogens (tertiary/aromatic N) is 4. The van der Waals surface area contributed by atoms with Crippen LogP contribution in [0.5, 0.6) is 0 Å². The summed E-state index contributed by atoms with van der Waals surface area (Å²) in [6.07, 6.45) is 1.56. The van der Waals surface area contributed by atoms with E-state index in [1.54, 1.807) is 4.52 Å². The Morgan fingerprint density at radius 3 is 2.96 bits per heavy atom. The fraction of sp³-hybridized carbons (Fsp3) is 0.267. The highest BCUT2D eigenvalue weighted by molar-refractivity contribution is 5.97. The lowest BCUT2D eigenvalue weighted by Gasteiger charge is -2.21. The Balaban J connectivity index is 2.01. The van der Waals surface area contributed by atoms with E-state index in [-0.39, 0.29) is 18.0 Å². The van der Waals surface area contributed by atoms with Gasteiger partial charge in [0.05, 0.1) is 6.20 Å². The van der Waals surface area contributed by atoms with Gasteiger partial charge in [0.15, 0.2) is 11.5 Å². The molecule has 3 aromatic rings. The number of nitrogens with one attached hydrogen (secondary N) is 2. The van der Waals surface area contributed by atoms with Crippen LogP contribution in [0.1, 0.15) is 45.3 Å². The molecule has 0 bridgehead atoms. The van der Waals surface area contributed by atoms with Gasteiger partial charge in [0.25, 0.3) is 0 Å². The Morgan fingerprint density at radius 1 is 1.42 bits per heavy atom. The van der Waals surface area contributed by atoms with Crippen LogP contribution in [0.25, 0.3) is 5.65 Å². The van der Waals surface area contributed by atoms with Crippen molar-refractivity contribution >= 4 is 23.3 Å². The second kappa shape index (κ2) is 4.88. The molecule has 1 aliphatic rings. The number of hydrogen-bond donors (Lipinski definition) is 3. The number of carboxylic acids is 1. The van der Waals surface area contributed by atoms with Crippen molar-refractivity contribution in [2.24, 2.45) is 0 Å². The fourth-order valence-corrected chi connectivity index (χ4v) is 3.22. The highest BCUT2D eigenvalue weighted by Crippen LogP contribution is 2.39. The molecular formula is C15H14N6O3. The van der Waals surface area contributed by atoms with Crippen LogP contribution in [0.3, 0.4) is 0 Å². The molecule has 24 heavy (non-hydrogen) atoms. The predicted molar refractivity (Wildman–Crippen MR) is 83.1 cm³/mol. The maximum absolute atomic E-state index is 12.1. The summed E-state index contributed by atoms with van der Waals surface area (Å²) in [5.74, 6) is -1.39. The van der Waals surface area contributed by atoms with Gasteiger partial charge in [-0.1, -0.05) is 0 Å². The van der Waals surface area contributed by atoms with Gasteiger partial charge in [-0.05, 0) is 19.9 Å². The smallest absolute Gasteiger partial charge is 0.354 e. The molecule has 4 rings (SSSR count). The van der Waals surface area contributed by atoms with Gasteiger partial charge in [0.2, 0.25) is 5.91 Å². The standard InChI is InChI=1S/C15H14N6O3/c1-6-3-7(2)21-14(17-6)11-8(4-10(22)18-13(11)20-21)9-5-16-19-12(9)15(23)24/h3,5,8H,4H2,1-2H3,(H,16,19)(H,23,24)(H,18,20,22)/t8-/m1/s1. The maximum Gasteiger partial charge on any atom is 0.354 e. The number of carbonyl (C=O) groups excluding carboxylic acids is 1. The number of anilines is 1. The van der Waals surface area contributed by atoms with E-state index in [2.05, 4.69) is 25.6 Å².